The van der Waals surface area contributed by atoms with Gasteiger partial charge in [0, 0.05) is 0 Å². The molecule has 28 heavy (non-hydrogen) atoms. The third-order valence-corrected chi connectivity index (χ3v) is 7.47. The van der Waals surface area contributed by atoms with Gasteiger partial charge < -0.3 is 27.2 Å². The van der Waals surface area contributed by atoms with Gasteiger partial charge in [-0.25, -0.2) is 0 Å². The summed E-state index contributed by atoms with van der Waals surface area (Å²) in [5.74, 6) is 0. The summed E-state index contributed by atoms with van der Waals surface area (Å²) in [4.78, 5) is 0. The summed E-state index contributed by atoms with van der Waals surface area (Å²) >= 11 is 0. The van der Waals surface area contributed by atoms with E-state index in [2.05, 4.69) is 78.6 Å². The lowest BCUT2D eigenvalue weighted by molar-refractivity contribution is -0.327. The van der Waals surface area contributed by atoms with Crippen molar-refractivity contribution in [3.8, 4) is 0 Å². The summed E-state index contributed by atoms with van der Waals surface area (Å²) in [6, 6.07) is 0. The van der Waals surface area contributed by atoms with E-state index in [-0.39, 0.29) is 12.2 Å². The third kappa shape index (κ3) is 11.7. The van der Waals surface area contributed by atoms with Crippen molar-refractivity contribution < 1.29 is 27.2 Å². The minimum absolute atomic E-state index is 0.303. The highest BCUT2D eigenvalue weighted by Gasteiger charge is 2.44. The highest BCUT2D eigenvalue weighted by atomic mass is 28.4. The number of hydrogen-bond acceptors (Lipinski definition) is 6. The Morgan fingerprint density at radius 2 is 0.786 bits per heavy atom. The molecule has 0 aromatic heterocycles. The molecule has 0 N–H and O–H groups in total. The standard InChI is InChI=1S/C18H44O6Si4/c1-25(2,3)19-13-15-17(23-27(7,8)9)22-16(14-20-26(4,5)6)18(21-15)24-28(10,11)12/h15-18H,13-14H2,1-12H3. The smallest absolute Gasteiger partial charge is 0.187 e. The predicted molar refractivity (Wildman–Crippen MR) is 125 cm³/mol. The first-order chi connectivity index (χ1) is 12.3. The fourth-order valence-electron chi connectivity index (χ4n) is 2.45. The second-order valence-electron chi connectivity index (χ2n) is 11.4. The highest BCUT2D eigenvalue weighted by Crippen LogP contribution is 2.28. The molecule has 1 fully saturated rings. The van der Waals surface area contributed by atoms with Crippen molar-refractivity contribution in [1.82, 2.24) is 0 Å². The molecule has 0 radical (unpaired) electrons. The lowest BCUT2D eigenvalue weighted by Crippen LogP contribution is -2.59. The molecule has 1 rings (SSSR count). The lowest BCUT2D eigenvalue weighted by Gasteiger charge is -2.45. The van der Waals surface area contributed by atoms with E-state index in [0.29, 0.717) is 13.2 Å². The summed E-state index contributed by atoms with van der Waals surface area (Å²) < 4.78 is 37.8. The minimum Gasteiger partial charge on any atom is -0.415 e. The van der Waals surface area contributed by atoms with E-state index in [1.54, 1.807) is 0 Å². The lowest BCUT2D eigenvalue weighted by atomic mass is 10.2. The van der Waals surface area contributed by atoms with Crippen LogP contribution in [-0.4, -0.2) is 71.3 Å². The summed E-state index contributed by atoms with van der Waals surface area (Å²) in [5, 5.41) is 0. The Hall–Kier alpha value is 0.628. The second kappa shape index (κ2) is 9.84. The van der Waals surface area contributed by atoms with Gasteiger partial charge in [0.1, 0.15) is 12.2 Å². The second-order valence-corrected chi connectivity index (χ2v) is 29.3. The van der Waals surface area contributed by atoms with E-state index in [0.717, 1.165) is 0 Å². The van der Waals surface area contributed by atoms with E-state index >= 15 is 0 Å². The van der Waals surface area contributed by atoms with Crippen LogP contribution in [-0.2, 0) is 27.2 Å². The third-order valence-electron chi connectivity index (χ3n) is 3.53. The molecule has 0 saturated carbocycles. The molecule has 0 aromatic carbocycles. The van der Waals surface area contributed by atoms with E-state index < -0.39 is 45.8 Å². The molecule has 0 aliphatic carbocycles. The normalized spacial score (nSPS) is 27.9. The molecule has 1 aliphatic heterocycles. The predicted octanol–water partition coefficient (Wildman–Crippen LogP) is 4.83. The Labute approximate surface area is 177 Å². The Kier molecular flexibility index (Phi) is 9.37. The highest BCUT2D eigenvalue weighted by molar-refractivity contribution is 6.70. The van der Waals surface area contributed by atoms with Crippen LogP contribution >= 0.6 is 0 Å². The van der Waals surface area contributed by atoms with Gasteiger partial charge in [-0.15, -0.1) is 0 Å². The zero-order valence-electron chi connectivity index (χ0n) is 20.2. The van der Waals surface area contributed by atoms with Gasteiger partial charge in [-0.3, -0.25) is 0 Å². The maximum absolute atomic E-state index is 6.41. The molecular weight excluding hydrogens is 425 g/mol. The van der Waals surface area contributed by atoms with Gasteiger partial charge in [0.25, 0.3) is 0 Å². The Balaban J connectivity index is 3.01. The van der Waals surface area contributed by atoms with Crippen LogP contribution in [0.15, 0.2) is 0 Å². The van der Waals surface area contributed by atoms with Crippen molar-refractivity contribution in [3.63, 3.8) is 0 Å². The minimum atomic E-state index is -1.83. The van der Waals surface area contributed by atoms with Gasteiger partial charge in [-0.1, -0.05) is 0 Å². The molecule has 4 unspecified atom stereocenters. The summed E-state index contributed by atoms with van der Waals surface area (Å²) in [5.41, 5.74) is 0. The van der Waals surface area contributed by atoms with Crippen molar-refractivity contribution in [2.24, 2.45) is 0 Å². The van der Waals surface area contributed by atoms with Crippen LogP contribution in [0.2, 0.25) is 78.6 Å². The number of ether oxygens (including phenoxy) is 2. The fraction of sp³-hybridized carbons (Fsp3) is 1.00. The number of hydrogen-bond donors (Lipinski definition) is 0. The Morgan fingerprint density at radius 1 is 0.500 bits per heavy atom. The van der Waals surface area contributed by atoms with Crippen molar-refractivity contribution in [3.05, 3.63) is 0 Å². The van der Waals surface area contributed by atoms with Crippen molar-refractivity contribution in [1.29, 1.82) is 0 Å². The summed E-state index contributed by atoms with van der Waals surface area (Å²) in [7, 11) is -7.04. The average Bonchev–Trinajstić information content (AvgIpc) is 2.40. The largest absolute Gasteiger partial charge is 0.415 e. The van der Waals surface area contributed by atoms with E-state index in [4.69, 9.17) is 27.2 Å². The average molecular weight is 469 g/mol. The maximum Gasteiger partial charge on any atom is 0.187 e. The molecule has 4 atom stereocenters. The van der Waals surface area contributed by atoms with Crippen LogP contribution in [0.3, 0.4) is 0 Å². The van der Waals surface area contributed by atoms with Gasteiger partial charge in [0.15, 0.2) is 45.8 Å². The summed E-state index contributed by atoms with van der Waals surface area (Å²) in [6.45, 7) is 26.9. The van der Waals surface area contributed by atoms with E-state index in [1.165, 1.54) is 0 Å². The van der Waals surface area contributed by atoms with Crippen LogP contribution in [0.5, 0.6) is 0 Å². The molecule has 1 saturated heterocycles. The Morgan fingerprint density at radius 3 is 1.00 bits per heavy atom. The molecule has 0 aromatic rings. The van der Waals surface area contributed by atoms with Crippen LogP contribution < -0.4 is 0 Å². The molecule has 6 nitrogen and oxygen atoms in total. The van der Waals surface area contributed by atoms with Crippen molar-refractivity contribution >= 4 is 33.3 Å². The zero-order chi connectivity index (χ0) is 22.0. The van der Waals surface area contributed by atoms with Crippen LogP contribution in [0.4, 0.5) is 0 Å². The topological polar surface area (TPSA) is 55.4 Å². The quantitative estimate of drug-likeness (QED) is 0.428. The molecule has 0 spiro atoms. The molecule has 0 amide bonds. The van der Waals surface area contributed by atoms with E-state index in [9.17, 15) is 0 Å². The van der Waals surface area contributed by atoms with Gasteiger partial charge >= 0.3 is 0 Å². The molecule has 1 aliphatic rings. The molecular formula is C18H44O6Si4. The molecule has 10 heteroatoms. The fourth-order valence-corrected chi connectivity index (χ4v) is 5.59. The van der Waals surface area contributed by atoms with Gasteiger partial charge in [0.2, 0.25) is 0 Å². The van der Waals surface area contributed by atoms with Gasteiger partial charge in [-0.05, 0) is 78.6 Å². The van der Waals surface area contributed by atoms with Crippen molar-refractivity contribution in [2.75, 3.05) is 13.2 Å². The monoisotopic (exact) mass is 468 g/mol. The van der Waals surface area contributed by atoms with Crippen LogP contribution in [0.1, 0.15) is 0 Å². The first kappa shape index (κ1) is 26.7. The Bertz CT molecular complexity index is 434. The zero-order valence-corrected chi connectivity index (χ0v) is 24.2. The molecule has 168 valence electrons. The number of rotatable bonds is 10. The van der Waals surface area contributed by atoms with Gasteiger partial charge in [-0.2, -0.15) is 0 Å². The van der Waals surface area contributed by atoms with Crippen molar-refractivity contribution in [2.45, 2.75) is 103 Å². The van der Waals surface area contributed by atoms with Crippen LogP contribution in [0.25, 0.3) is 0 Å². The van der Waals surface area contributed by atoms with Gasteiger partial charge in [0.05, 0.1) is 13.2 Å². The SMILES string of the molecule is C[Si](C)(C)OCC1OC(O[Si](C)(C)C)C(CO[Si](C)(C)C)OC1O[Si](C)(C)C. The first-order valence-corrected chi connectivity index (χ1v) is 23.9. The van der Waals surface area contributed by atoms with Crippen LogP contribution in [0, 0.1) is 0 Å². The van der Waals surface area contributed by atoms with E-state index in [1.807, 2.05) is 0 Å². The molecule has 0 bridgehead atoms. The first-order valence-electron chi connectivity index (χ1n) is 10.3. The summed E-state index contributed by atoms with van der Waals surface area (Å²) in [6.07, 6.45) is -1.52. The molecule has 1 heterocycles. The maximum atomic E-state index is 6.41.